The minimum atomic E-state index is -0.233. The zero-order valence-corrected chi connectivity index (χ0v) is 16.6. The van der Waals surface area contributed by atoms with E-state index in [2.05, 4.69) is 10.3 Å². The number of carbonyl (C=O) groups excluding carboxylic acids is 2. The van der Waals surface area contributed by atoms with Crippen LogP contribution in [-0.4, -0.2) is 47.5 Å². The Morgan fingerprint density at radius 2 is 2.07 bits per heavy atom. The number of aromatic nitrogens is 1. The summed E-state index contributed by atoms with van der Waals surface area (Å²) in [7, 11) is 0. The second kappa shape index (κ2) is 9.10. The smallest absolute Gasteiger partial charge is 0.245 e. The van der Waals surface area contributed by atoms with Crippen molar-refractivity contribution in [3.05, 3.63) is 46.5 Å². The zero-order chi connectivity index (χ0) is 19.2. The van der Waals surface area contributed by atoms with Crippen molar-refractivity contribution in [3.63, 3.8) is 0 Å². The molecule has 27 heavy (non-hydrogen) atoms. The van der Waals surface area contributed by atoms with E-state index < -0.39 is 0 Å². The highest BCUT2D eigenvalue weighted by Crippen LogP contribution is 2.21. The average Bonchev–Trinajstić information content (AvgIpc) is 3.25. The number of hydrogen-bond donors (Lipinski definition) is 1. The lowest BCUT2D eigenvalue weighted by Crippen LogP contribution is -2.43. The van der Waals surface area contributed by atoms with E-state index in [-0.39, 0.29) is 30.9 Å². The molecular formula is C20H25N3O3S. The normalized spacial score (nSPS) is 16.3. The van der Waals surface area contributed by atoms with Crippen LogP contribution in [0.2, 0.25) is 0 Å². The molecule has 1 aliphatic rings. The van der Waals surface area contributed by atoms with Crippen LogP contribution >= 0.6 is 11.3 Å². The Morgan fingerprint density at radius 1 is 1.30 bits per heavy atom. The Kier molecular flexibility index (Phi) is 6.58. The highest BCUT2D eigenvalue weighted by atomic mass is 32.1. The van der Waals surface area contributed by atoms with Gasteiger partial charge in [0.15, 0.2) is 5.13 Å². The molecule has 0 bridgehead atoms. The highest BCUT2D eigenvalue weighted by molar-refractivity contribution is 7.15. The first-order valence-corrected chi connectivity index (χ1v) is 10.00. The molecule has 1 fully saturated rings. The molecule has 0 aliphatic carbocycles. The molecule has 2 heterocycles. The maximum Gasteiger partial charge on any atom is 0.245 e. The van der Waals surface area contributed by atoms with Crippen LogP contribution in [0.5, 0.6) is 0 Å². The summed E-state index contributed by atoms with van der Waals surface area (Å²) in [5.41, 5.74) is 1.85. The molecule has 0 saturated carbocycles. The second-order valence-electron chi connectivity index (χ2n) is 6.78. The van der Waals surface area contributed by atoms with Crippen LogP contribution in [-0.2, 0) is 20.7 Å². The van der Waals surface area contributed by atoms with Crippen LogP contribution < -0.4 is 5.32 Å². The number of hydrogen-bond acceptors (Lipinski definition) is 5. The van der Waals surface area contributed by atoms with Crippen molar-refractivity contribution in [2.45, 2.75) is 39.2 Å². The maximum atomic E-state index is 12.8. The van der Waals surface area contributed by atoms with Gasteiger partial charge in [-0.15, -0.1) is 11.3 Å². The molecule has 1 saturated heterocycles. The molecule has 1 aromatic carbocycles. The Morgan fingerprint density at radius 3 is 2.70 bits per heavy atom. The zero-order valence-electron chi connectivity index (χ0n) is 15.7. The van der Waals surface area contributed by atoms with Gasteiger partial charge < -0.3 is 15.0 Å². The van der Waals surface area contributed by atoms with Gasteiger partial charge in [0, 0.05) is 18.0 Å². The molecule has 1 aliphatic heterocycles. The third kappa shape index (κ3) is 5.61. The lowest BCUT2D eigenvalue weighted by molar-refractivity contribution is -0.135. The van der Waals surface area contributed by atoms with Crippen molar-refractivity contribution < 1.29 is 14.3 Å². The molecule has 1 aromatic heterocycles. The highest BCUT2D eigenvalue weighted by Gasteiger charge is 2.24. The van der Waals surface area contributed by atoms with Crippen molar-refractivity contribution in [3.8, 4) is 0 Å². The number of ether oxygens (including phenoxy) is 1. The lowest BCUT2D eigenvalue weighted by Gasteiger charge is -2.25. The number of benzene rings is 1. The Bertz CT molecular complexity index is 766. The number of rotatable bonds is 7. The van der Waals surface area contributed by atoms with Crippen molar-refractivity contribution >= 4 is 28.3 Å². The van der Waals surface area contributed by atoms with Gasteiger partial charge in [-0.25, -0.2) is 4.98 Å². The molecule has 0 unspecified atom stereocenters. The van der Waals surface area contributed by atoms with Gasteiger partial charge in [-0.1, -0.05) is 30.3 Å². The Hall–Kier alpha value is -2.25. The third-order valence-electron chi connectivity index (χ3n) is 4.61. The number of amides is 2. The fourth-order valence-electron chi connectivity index (χ4n) is 3.03. The molecule has 3 rings (SSSR count). The minimum absolute atomic E-state index is 0.00174. The monoisotopic (exact) mass is 387 g/mol. The molecule has 1 N–H and O–H groups in total. The Balaban J connectivity index is 1.64. The number of aryl methyl sites for hydroxylation is 2. The topological polar surface area (TPSA) is 71.5 Å². The van der Waals surface area contributed by atoms with Crippen LogP contribution in [0.25, 0.3) is 0 Å². The van der Waals surface area contributed by atoms with E-state index in [9.17, 15) is 9.59 Å². The Labute approximate surface area is 163 Å². The number of nitrogens with zero attached hydrogens (tertiary/aromatic N) is 2. The predicted molar refractivity (Wildman–Crippen MR) is 106 cm³/mol. The number of anilines is 1. The minimum Gasteiger partial charge on any atom is -0.376 e. The van der Waals surface area contributed by atoms with Crippen molar-refractivity contribution in [1.29, 1.82) is 0 Å². The summed E-state index contributed by atoms with van der Waals surface area (Å²) in [5, 5.41) is 3.38. The van der Waals surface area contributed by atoms with E-state index in [1.807, 2.05) is 44.2 Å². The summed E-state index contributed by atoms with van der Waals surface area (Å²) in [6.07, 6.45) is 2.19. The van der Waals surface area contributed by atoms with Crippen LogP contribution in [0.4, 0.5) is 5.13 Å². The molecule has 0 radical (unpaired) electrons. The number of thiazole rings is 1. The van der Waals surface area contributed by atoms with Crippen LogP contribution in [0.15, 0.2) is 30.3 Å². The molecule has 1 atom stereocenters. The predicted octanol–water partition coefficient (Wildman–Crippen LogP) is 2.95. The SMILES string of the molecule is Cc1nc(NC(=O)CN(C[C@H]2CCCO2)C(=O)Cc2ccccc2)sc1C. The summed E-state index contributed by atoms with van der Waals surface area (Å²) in [6.45, 7) is 5.04. The molecule has 2 amide bonds. The van der Waals surface area contributed by atoms with Gasteiger partial charge in [0.2, 0.25) is 11.8 Å². The van der Waals surface area contributed by atoms with E-state index >= 15 is 0 Å². The largest absolute Gasteiger partial charge is 0.376 e. The summed E-state index contributed by atoms with van der Waals surface area (Å²) in [5.74, 6) is -0.304. The number of carbonyl (C=O) groups is 2. The van der Waals surface area contributed by atoms with Gasteiger partial charge in [-0.3, -0.25) is 9.59 Å². The quantitative estimate of drug-likeness (QED) is 0.793. The first kappa shape index (κ1) is 19.5. The van der Waals surface area contributed by atoms with Gasteiger partial charge in [-0.2, -0.15) is 0 Å². The van der Waals surface area contributed by atoms with Gasteiger partial charge in [0.05, 0.1) is 18.2 Å². The molecule has 7 heteroatoms. The van der Waals surface area contributed by atoms with Gasteiger partial charge in [0.1, 0.15) is 6.54 Å². The lowest BCUT2D eigenvalue weighted by atomic mass is 10.1. The van der Waals surface area contributed by atoms with Crippen molar-refractivity contribution in [1.82, 2.24) is 9.88 Å². The average molecular weight is 388 g/mol. The second-order valence-corrected chi connectivity index (χ2v) is 7.98. The molecule has 0 spiro atoms. The van der Waals surface area contributed by atoms with Crippen LogP contribution in [0.1, 0.15) is 29.0 Å². The van der Waals surface area contributed by atoms with E-state index in [4.69, 9.17) is 4.74 Å². The van der Waals surface area contributed by atoms with Gasteiger partial charge in [-0.05, 0) is 32.3 Å². The van der Waals surface area contributed by atoms with E-state index in [1.165, 1.54) is 11.3 Å². The van der Waals surface area contributed by atoms with Gasteiger partial charge in [0.25, 0.3) is 0 Å². The fourth-order valence-corrected chi connectivity index (χ4v) is 3.86. The van der Waals surface area contributed by atoms with Gasteiger partial charge >= 0.3 is 0 Å². The summed E-state index contributed by atoms with van der Waals surface area (Å²) in [4.78, 5) is 32.3. The third-order valence-corrected chi connectivity index (χ3v) is 5.60. The van der Waals surface area contributed by atoms with Crippen LogP contribution in [0, 0.1) is 13.8 Å². The summed E-state index contributed by atoms with van der Waals surface area (Å²) in [6, 6.07) is 9.58. The molecule has 144 valence electrons. The van der Waals surface area contributed by atoms with Crippen molar-refractivity contribution in [2.24, 2.45) is 0 Å². The summed E-state index contributed by atoms with van der Waals surface area (Å²) >= 11 is 1.44. The van der Waals surface area contributed by atoms with E-state index in [0.29, 0.717) is 11.7 Å². The maximum absolute atomic E-state index is 12.8. The number of nitrogens with one attached hydrogen (secondary N) is 1. The molecule has 6 nitrogen and oxygen atoms in total. The molecular weight excluding hydrogens is 362 g/mol. The van der Waals surface area contributed by atoms with Crippen molar-refractivity contribution in [2.75, 3.05) is 25.0 Å². The van der Waals surface area contributed by atoms with E-state index in [1.54, 1.807) is 4.90 Å². The van der Waals surface area contributed by atoms with Crippen LogP contribution in [0.3, 0.4) is 0 Å². The molecule has 2 aromatic rings. The fraction of sp³-hybridized carbons (Fsp3) is 0.450. The standard InChI is InChI=1S/C20H25N3O3S/c1-14-15(2)27-20(21-14)22-18(24)13-23(12-17-9-6-10-26-17)19(25)11-16-7-4-3-5-8-16/h3-5,7-8,17H,6,9-13H2,1-2H3,(H,21,22,24)/t17-/m1/s1. The van der Waals surface area contributed by atoms with E-state index in [0.717, 1.165) is 35.6 Å². The first-order chi connectivity index (χ1) is 13.0. The summed E-state index contributed by atoms with van der Waals surface area (Å²) < 4.78 is 5.67. The first-order valence-electron chi connectivity index (χ1n) is 9.18.